The van der Waals surface area contributed by atoms with Crippen LogP contribution < -0.4 is 0 Å². The second kappa shape index (κ2) is 3.28. The third-order valence-electron chi connectivity index (χ3n) is 1.41. The first kappa shape index (κ1) is 8.62. The number of hydrogen-bond acceptors (Lipinski definition) is 3. The van der Waals surface area contributed by atoms with E-state index < -0.39 is 0 Å². The Kier molecular flexibility index (Phi) is 2.36. The molecule has 0 aliphatic carbocycles. The normalized spacial score (nSPS) is 9.00. The molecule has 0 unspecified atom stereocenters. The molecular weight excluding hydrogens is 172 g/mol. The highest BCUT2D eigenvalue weighted by Crippen LogP contribution is 2.02. The summed E-state index contributed by atoms with van der Waals surface area (Å²) < 4.78 is 0.310. The first-order valence-corrected chi connectivity index (χ1v) is 3.70. The van der Waals surface area contributed by atoms with E-state index in [0.29, 0.717) is 15.9 Å². The van der Waals surface area contributed by atoms with Crippen molar-refractivity contribution in [3.63, 3.8) is 0 Å². The zero-order valence-electron chi connectivity index (χ0n) is 6.42. The summed E-state index contributed by atoms with van der Waals surface area (Å²) in [4.78, 5) is 13.5. The van der Waals surface area contributed by atoms with Gasteiger partial charge in [0.25, 0.3) is 0 Å². The lowest BCUT2D eigenvalue weighted by atomic mass is 10.2. The summed E-state index contributed by atoms with van der Waals surface area (Å²) in [6.07, 6.45) is 0. The Labute approximate surface area is 74.7 Å². The fourth-order valence-corrected chi connectivity index (χ4v) is 0.991. The molecule has 1 heterocycles. The van der Waals surface area contributed by atoms with Crippen molar-refractivity contribution in [3.8, 4) is 6.07 Å². The Balaban J connectivity index is 3.31. The average Bonchev–Trinajstić information content (AvgIpc) is 2.04. The zero-order valence-corrected chi connectivity index (χ0v) is 7.23. The van der Waals surface area contributed by atoms with Gasteiger partial charge in [-0.25, -0.2) is 0 Å². The van der Waals surface area contributed by atoms with Crippen LogP contribution in [-0.2, 0) is 0 Å². The quantitative estimate of drug-likeness (QED) is 0.527. The van der Waals surface area contributed by atoms with E-state index >= 15 is 0 Å². The molecule has 1 aromatic heterocycles. The smallest absolute Gasteiger partial charge is 0.175 e. The molecule has 0 atom stereocenters. The maximum atomic E-state index is 10.8. The number of carbonyl (C=O) groups excluding carboxylic acids is 1. The Morgan fingerprint density at radius 3 is 2.75 bits per heavy atom. The molecule has 0 amide bonds. The average molecular weight is 178 g/mol. The van der Waals surface area contributed by atoms with Crippen LogP contribution in [0.15, 0.2) is 12.1 Å². The van der Waals surface area contributed by atoms with E-state index in [9.17, 15) is 4.79 Å². The second-order valence-electron chi connectivity index (χ2n) is 2.28. The van der Waals surface area contributed by atoms with Crippen molar-refractivity contribution in [2.45, 2.75) is 6.92 Å². The standard InChI is InChI=1S/C8H6N2OS/c1-5(11)7-3-2-6(4-9)8(12)10-7/h2-3H,1H3,(H,10,12). The molecule has 0 saturated carbocycles. The molecule has 0 spiro atoms. The minimum Gasteiger partial charge on any atom is -0.343 e. The third kappa shape index (κ3) is 1.57. The zero-order chi connectivity index (χ0) is 9.14. The largest absolute Gasteiger partial charge is 0.343 e. The van der Waals surface area contributed by atoms with Crippen LogP contribution >= 0.6 is 12.2 Å². The summed E-state index contributed by atoms with van der Waals surface area (Å²) in [5.74, 6) is -0.0920. The minimum atomic E-state index is -0.0920. The summed E-state index contributed by atoms with van der Waals surface area (Å²) >= 11 is 4.83. The Morgan fingerprint density at radius 1 is 1.67 bits per heavy atom. The van der Waals surface area contributed by atoms with E-state index in [1.807, 2.05) is 6.07 Å². The molecule has 1 rings (SSSR count). The fourth-order valence-electron chi connectivity index (χ4n) is 0.767. The number of Topliss-reactive ketones (excluding diaryl/α,β-unsaturated/α-hetero) is 1. The van der Waals surface area contributed by atoms with Gasteiger partial charge >= 0.3 is 0 Å². The fraction of sp³-hybridized carbons (Fsp3) is 0.125. The number of pyridine rings is 1. The predicted octanol–water partition coefficient (Wildman–Crippen LogP) is 1.82. The van der Waals surface area contributed by atoms with Gasteiger partial charge in [0.05, 0.1) is 11.3 Å². The van der Waals surface area contributed by atoms with E-state index in [1.165, 1.54) is 13.0 Å². The van der Waals surface area contributed by atoms with Crippen molar-refractivity contribution in [1.82, 2.24) is 4.98 Å². The van der Waals surface area contributed by atoms with Gasteiger partial charge < -0.3 is 4.98 Å². The molecule has 0 aliphatic heterocycles. The van der Waals surface area contributed by atoms with Crippen molar-refractivity contribution < 1.29 is 4.79 Å². The third-order valence-corrected chi connectivity index (χ3v) is 1.73. The maximum absolute atomic E-state index is 10.8. The Bertz CT molecular complexity index is 414. The number of ketones is 1. The molecule has 0 radical (unpaired) electrons. The molecule has 4 heteroatoms. The van der Waals surface area contributed by atoms with Crippen LogP contribution in [0.1, 0.15) is 23.0 Å². The summed E-state index contributed by atoms with van der Waals surface area (Å²) in [5.41, 5.74) is 0.814. The number of aromatic nitrogens is 1. The van der Waals surface area contributed by atoms with Gasteiger partial charge in [-0.1, -0.05) is 12.2 Å². The first-order chi connectivity index (χ1) is 5.65. The van der Waals surface area contributed by atoms with E-state index in [2.05, 4.69) is 4.98 Å². The molecular formula is C8H6N2OS. The summed E-state index contributed by atoms with van der Waals surface area (Å²) in [5, 5.41) is 8.53. The predicted molar refractivity (Wildman–Crippen MR) is 46.3 cm³/mol. The van der Waals surface area contributed by atoms with Crippen molar-refractivity contribution in [1.29, 1.82) is 5.26 Å². The van der Waals surface area contributed by atoms with Crippen molar-refractivity contribution in [2.75, 3.05) is 0 Å². The van der Waals surface area contributed by atoms with Crippen molar-refractivity contribution >= 4 is 18.0 Å². The lowest BCUT2D eigenvalue weighted by molar-refractivity contribution is 0.101. The number of carbonyl (C=O) groups is 1. The maximum Gasteiger partial charge on any atom is 0.175 e. The molecule has 1 N–H and O–H groups in total. The van der Waals surface area contributed by atoms with Gasteiger partial charge in [-0.15, -0.1) is 0 Å². The van der Waals surface area contributed by atoms with Crippen LogP contribution in [0.5, 0.6) is 0 Å². The van der Waals surface area contributed by atoms with Crippen LogP contribution in [0.25, 0.3) is 0 Å². The summed E-state index contributed by atoms with van der Waals surface area (Å²) in [6.45, 7) is 1.44. The monoisotopic (exact) mass is 178 g/mol. The molecule has 0 aliphatic rings. The van der Waals surface area contributed by atoms with Gasteiger partial charge in [0, 0.05) is 6.92 Å². The SMILES string of the molecule is CC(=O)c1ccc(C#N)c(=S)[nH]1. The second-order valence-corrected chi connectivity index (χ2v) is 2.69. The highest BCUT2D eigenvalue weighted by molar-refractivity contribution is 7.71. The molecule has 0 bridgehead atoms. The number of aromatic amines is 1. The Hall–Kier alpha value is -1.47. The van der Waals surface area contributed by atoms with E-state index in [-0.39, 0.29) is 5.78 Å². The first-order valence-electron chi connectivity index (χ1n) is 3.29. The minimum absolute atomic E-state index is 0.0920. The number of H-pyrrole nitrogens is 1. The number of hydrogen-bond donors (Lipinski definition) is 1. The molecule has 12 heavy (non-hydrogen) atoms. The van der Waals surface area contributed by atoms with Crippen LogP contribution in [0, 0.1) is 16.0 Å². The van der Waals surface area contributed by atoms with E-state index in [1.54, 1.807) is 6.07 Å². The van der Waals surface area contributed by atoms with Crippen LogP contribution in [0.2, 0.25) is 0 Å². The number of rotatable bonds is 1. The van der Waals surface area contributed by atoms with Crippen LogP contribution in [0.4, 0.5) is 0 Å². The van der Waals surface area contributed by atoms with E-state index in [0.717, 1.165) is 0 Å². The highest BCUT2D eigenvalue weighted by atomic mass is 32.1. The molecule has 1 aromatic rings. The van der Waals surface area contributed by atoms with Crippen molar-refractivity contribution in [2.24, 2.45) is 0 Å². The van der Waals surface area contributed by atoms with Gasteiger partial charge in [-0.2, -0.15) is 5.26 Å². The summed E-state index contributed by atoms with van der Waals surface area (Å²) in [6, 6.07) is 5.00. The molecule has 0 fully saturated rings. The van der Waals surface area contributed by atoms with Crippen LogP contribution in [0.3, 0.4) is 0 Å². The van der Waals surface area contributed by atoms with E-state index in [4.69, 9.17) is 17.5 Å². The van der Waals surface area contributed by atoms with Gasteiger partial charge in [-0.05, 0) is 12.1 Å². The van der Waals surface area contributed by atoms with Gasteiger partial charge in [0.1, 0.15) is 10.7 Å². The van der Waals surface area contributed by atoms with Crippen LogP contribution in [-0.4, -0.2) is 10.8 Å². The lowest BCUT2D eigenvalue weighted by Crippen LogP contribution is -1.97. The van der Waals surface area contributed by atoms with Gasteiger partial charge in [-0.3, -0.25) is 4.79 Å². The van der Waals surface area contributed by atoms with Gasteiger partial charge in [0.2, 0.25) is 0 Å². The number of nitriles is 1. The Morgan fingerprint density at radius 2 is 2.33 bits per heavy atom. The number of nitrogens with one attached hydrogen (secondary N) is 1. The summed E-state index contributed by atoms with van der Waals surface area (Å²) in [7, 11) is 0. The molecule has 3 nitrogen and oxygen atoms in total. The topological polar surface area (TPSA) is 56.6 Å². The number of nitrogens with zero attached hydrogens (tertiary/aromatic N) is 1. The van der Waals surface area contributed by atoms with Crippen molar-refractivity contribution in [3.05, 3.63) is 28.0 Å². The molecule has 0 saturated heterocycles. The molecule has 60 valence electrons. The highest BCUT2D eigenvalue weighted by Gasteiger charge is 2.00. The lowest BCUT2D eigenvalue weighted by Gasteiger charge is -1.95. The molecule has 0 aromatic carbocycles. The van der Waals surface area contributed by atoms with Gasteiger partial charge in [0.15, 0.2) is 5.78 Å².